The number of benzene rings is 1. The van der Waals surface area contributed by atoms with E-state index in [4.69, 9.17) is 4.99 Å². The van der Waals surface area contributed by atoms with Crippen LogP contribution in [0.1, 0.15) is 31.9 Å². The smallest absolute Gasteiger partial charge is 0.215 e. The second-order valence-corrected chi connectivity index (χ2v) is 10.7. The van der Waals surface area contributed by atoms with Gasteiger partial charge in [-0.2, -0.15) is 11.8 Å². The average Bonchev–Trinajstić information content (AvgIpc) is 2.59. The van der Waals surface area contributed by atoms with Crippen LogP contribution in [-0.4, -0.2) is 56.5 Å². The molecule has 1 heterocycles. The molecule has 0 unspecified atom stereocenters. The first-order chi connectivity index (χ1) is 12.2. The molecule has 0 saturated carbocycles. The Bertz CT molecular complexity index is 721. The van der Waals surface area contributed by atoms with Crippen molar-refractivity contribution in [1.82, 2.24) is 14.9 Å². The van der Waals surface area contributed by atoms with Gasteiger partial charge in [0.15, 0.2) is 5.96 Å². The van der Waals surface area contributed by atoms with Crippen molar-refractivity contribution in [3.8, 4) is 0 Å². The standard InChI is InChI=1S/C18H30N4O2S2.HI/c1-5-20-17(22-10-11-25-18(2,3)14-22)21-12-15-6-8-16(9-7-15)13-26(23,24)19-4;/h6-9,19H,5,10-14H2,1-4H3,(H,20,21);1H. The number of hydrogen-bond donors (Lipinski definition) is 2. The van der Waals surface area contributed by atoms with Gasteiger partial charge in [0.1, 0.15) is 0 Å². The van der Waals surface area contributed by atoms with E-state index in [1.54, 1.807) is 0 Å². The number of nitrogens with zero attached hydrogens (tertiary/aromatic N) is 2. The van der Waals surface area contributed by atoms with Crippen LogP contribution in [0.3, 0.4) is 0 Å². The number of rotatable bonds is 6. The van der Waals surface area contributed by atoms with Gasteiger partial charge in [-0.25, -0.2) is 18.1 Å². The summed E-state index contributed by atoms with van der Waals surface area (Å²) in [5.41, 5.74) is 1.84. The second kappa shape index (κ2) is 10.9. The molecule has 1 aliphatic heterocycles. The molecule has 6 nitrogen and oxygen atoms in total. The highest BCUT2D eigenvalue weighted by molar-refractivity contribution is 14.0. The van der Waals surface area contributed by atoms with Crippen molar-refractivity contribution in [2.75, 3.05) is 32.4 Å². The third-order valence-electron chi connectivity index (χ3n) is 4.16. The molecule has 0 spiro atoms. The van der Waals surface area contributed by atoms with Crippen LogP contribution in [0.4, 0.5) is 0 Å². The molecular formula is C18H31IN4O2S2. The summed E-state index contributed by atoms with van der Waals surface area (Å²) in [7, 11) is -1.81. The molecule has 27 heavy (non-hydrogen) atoms. The summed E-state index contributed by atoms with van der Waals surface area (Å²) in [6, 6.07) is 7.60. The number of sulfonamides is 1. The van der Waals surface area contributed by atoms with Gasteiger partial charge in [-0.15, -0.1) is 24.0 Å². The molecule has 0 bridgehead atoms. The van der Waals surface area contributed by atoms with Crippen molar-refractivity contribution >= 4 is 51.7 Å². The Morgan fingerprint density at radius 1 is 1.26 bits per heavy atom. The highest BCUT2D eigenvalue weighted by Gasteiger charge is 2.28. The topological polar surface area (TPSA) is 73.8 Å². The fourth-order valence-electron chi connectivity index (χ4n) is 2.82. The fraction of sp³-hybridized carbons (Fsp3) is 0.611. The molecule has 1 aliphatic rings. The van der Waals surface area contributed by atoms with Crippen LogP contribution in [0.2, 0.25) is 0 Å². The van der Waals surface area contributed by atoms with Crippen LogP contribution in [0, 0.1) is 0 Å². The molecule has 0 radical (unpaired) electrons. The maximum absolute atomic E-state index is 11.6. The zero-order valence-electron chi connectivity index (χ0n) is 16.5. The van der Waals surface area contributed by atoms with E-state index in [1.807, 2.05) is 36.0 Å². The largest absolute Gasteiger partial charge is 0.357 e. The third-order valence-corrected chi connectivity index (χ3v) is 6.79. The van der Waals surface area contributed by atoms with Gasteiger partial charge in [-0.3, -0.25) is 0 Å². The van der Waals surface area contributed by atoms with Crippen molar-refractivity contribution in [2.24, 2.45) is 4.99 Å². The van der Waals surface area contributed by atoms with Crippen molar-refractivity contribution in [3.63, 3.8) is 0 Å². The summed E-state index contributed by atoms with van der Waals surface area (Å²) < 4.78 is 25.8. The number of thioether (sulfide) groups is 1. The quantitative estimate of drug-likeness (QED) is 0.339. The van der Waals surface area contributed by atoms with Crippen LogP contribution in [-0.2, 0) is 22.3 Å². The SMILES string of the molecule is CCNC(=NCc1ccc(CS(=O)(=O)NC)cc1)N1CCSC(C)(C)C1.I. The van der Waals surface area contributed by atoms with E-state index in [9.17, 15) is 8.42 Å². The van der Waals surface area contributed by atoms with Gasteiger partial charge in [0, 0.05) is 30.1 Å². The van der Waals surface area contributed by atoms with Crippen LogP contribution in [0.15, 0.2) is 29.3 Å². The van der Waals surface area contributed by atoms with Crippen LogP contribution >= 0.6 is 35.7 Å². The number of hydrogen-bond acceptors (Lipinski definition) is 4. The molecule has 0 atom stereocenters. The summed E-state index contributed by atoms with van der Waals surface area (Å²) in [4.78, 5) is 7.11. The zero-order chi connectivity index (χ0) is 19.2. The van der Waals surface area contributed by atoms with Gasteiger partial charge < -0.3 is 10.2 Å². The predicted molar refractivity (Wildman–Crippen MR) is 126 cm³/mol. The lowest BCUT2D eigenvalue weighted by Crippen LogP contribution is -2.50. The van der Waals surface area contributed by atoms with E-state index in [1.165, 1.54) is 7.05 Å². The van der Waals surface area contributed by atoms with Gasteiger partial charge in [0.25, 0.3) is 0 Å². The minimum Gasteiger partial charge on any atom is -0.357 e. The van der Waals surface area contributed by atoms with E-state index in [-0.39, 0.29) is 34.5 Å². The van der Waals surface area contributed by atoms with E-state index in [0.29, 0.717) is 6.54 Å². The first-order valence-corrected chi connectivity index (χ1v) is 11.5. The summed E-state index contributed by atoms with van der Waals surface area (Å²) in [6.45, 7) is 10.0. The zero-order valence-corrected chi connectivity index (χ0v) is 20.5. The normalized spacial score (nSPS) is 17.3. The van der Waals surface area contributed by atoms with Crippen molar-refractivity contribution in [2.45, 2.75) is 37.8 Å². The van der Waals surface area contributed by atoms with Crippen molar-refractivity contribution in [1.29, 1.82) is 0 Å². The number of nitrogens with one attached hydrogen (secondary N) is 2. The molecule has 0 aromatic heterocycles. The minimum atomic E-state index is -3.24. The molecule has 154 valence electrons. The maximum atomic E-state index is 11.6. The molecule has 1 aromatic carbocycles. The average molecular weight is 527 g/mol. The molecule has 2 rings (SSSR count). The summed E-state index contributed by atoms with van der Waals surface area (Å²) in [6.07, 6.45) is 0. The third kappa shape index (κ3) is 8.16. The molecular weight excluding hydrogens is 495 g/mol. The number of aliphatic imine (C=N–C) groups is 1. The first kappa shape index (κ1) is 24.5. The Morgan fingerprint density at radius 2 is 1.89 bits per heavy atom. The molecule has 0 aliphatic carbocycles. The van der Waals surface area contributed by atoms with E-state index < -0.39 is 10.0 Å². The Hall–Kier alpha value is -0.520. The van der Waals surface area contributed by atoms with Crippen molar-refractivity contribution < 1.29 is 8.42 Å². The summed E-state index contributed by atoms with van der Waals surface area (Å²) >= 11 is 2.00. The van der Waals surface area contributed by atoms with Crippen molar-refractivity contribution in [3.05, 3.63) is 35.4 Å². The maximum Gasteiger partial charge on any atom is 0.215 e. The van der Waals surface area contributed by atoms with Gasteiger partial charge in [0.2, 0.25) is 10.0 Å². The highest BCUT2D eigenvalue weighted by Crippen LogP contribution is 2.29. The highest BCUT2D eigenvalue weighted by atomic mass is 127. The Kier molecular flexibility index (Phi) is 9.87. The first-order valence-electron chi connectivity index (χ1n) is 8.91. The Labute approximate surface area is 185 Å². The molecule has 9 heteroatoms. The van der Waals surface area contributed by atoms with E-state index in [0.717, 1.165) is 42.5 Å². The van der Waals surface area contributed by atoms with Crippen LogP contribution in [0.5, 0.6) is 0 Å². The second-order valence-electron chi connectivity index (χ2n) is 6.98. The summed E-state index contributed by atoms with van der Waals surface area (Å²) in [5, 5.41) is 3.39. The molecule has 1 aromatic rings. The van der Waals surface area contributed by atoms with E-state index in [2.05, 4.69) is 35.7 Å². The van der Waals surface area contributed by atoms with Gasteiger partial charge >= 0.3 is 0 Å². The lowest BCUT2D eigenvalue weighted by Gasteiger charge is -2.39. The fourth-order valence-corrected chi connectivity index (χ4v) is 4.71. The molecule has 1 saturated heterocycles. The Morgan fingerprint density at radius 3 is 2.44 bits per heavy atom. The molecule has 0 amide bonds. The lowest BCUT2D eigenvalue weighted by molar-refractivity contribution is 0.376. The molecule has 1 fully saturated rings. The van der Waals surface area contributed by atoms with Gasteiger partial charge in [-0.05, 0) is 38.9 Å². The lowest BCUT2D eigenvalue weighted by atomic mass is 10.1. The number of halogens is 1. The minimum absolute atomic E-state index is 0. The number of guanidine groups is 1. The van der Waals surface area contributed by atoms with Crippen LogP contribution in [0.25, 0.3) is 0 Å². The van der Waals surface area contributed by atoms with Gasteiger partial charge in [0.05, 0.1) is 12.3 Å². The monoisotopic (exact) mass is 526 g/mol. The summed E-state index contributed by atoms with van der Waals surface area (Å²) in [5.74, 6) is 2.05. The van der Waals surface area contributed by atoms with Crippen LogP contribution < -0.4 is 10.0 Å². The molecule has 2 N–H and O–H groups in total. The van der Waals surface area contributed by atoms with E-state index >= 15 is 0 Å². The van der Waals surface area contributed by atoms with Gasteiger partial charge in [-0.1, -0.05) is 24.3 Å². The Balaban J connectivity index is 0.00000364. The predicted octanol–water partition coefficient (Wildman–Crippen LogP) is 2.65.